The van der Waals surface area contributed by atoms with Gasteiger partial charge in [-0.1, -0.05) is 32.6 Å². The molecule has 0 spiro atoms. The molecule has 2 heteroatoms. The molecule has 1 heterocycles. The molecule has 3 rings (SSSR count). The van der Waals surface area contributed by atoms with Crippen molar-refractivity contribution in [2.45, 2.75) is 77.2 Å². The zero-order chi connectivity index (χ0) is 13.9. The Morgan fingerprint density at radius 3 is 2.45 bits per heavy atom. The van der Waals surface area contributed by atoms with E-state index in [4.69, 9.17) is 0 Å². The molecule has 3 aliphatic rings. The normalized spacial score (nSPS) is 39.2. The van der Waals surface area contributed by atoms with Gasteiger partial charge in [-0.05, 0) is 56.9 Å². The highest BCUT2D eigenvalue weighted by atomic mass is 16.1. The van der Waals surface area contributed by atoms with Crippen LogP contribution < -0.4 is 0 Å². The number of piperidine rings is 1. The van der Waals surface area contributed by atoms with Gasteiger partial charge in [-0.2, -0.15) is 0 Å². The molecule has 2 nitrogen and oxygen atoms in total. The first-order chi connectivity index (χ1) is 9.74. The molecule has 2 saturated carbocycles. The van der Waals surface area contributed by atoms with E-state index in [-0.39, 0.29) is 0 Å². The molecule has 2 aliphatic carbocycles. The molecule has 20 heavy (non-hydrogen) atoms. The highest BCUT2D eigenvalue weighted by Crippen LogP contribution is 2.36. The average Bonchev–Trinajstić information content (AvgIpc) is 2.48. The standard InChI is InChI=1S/C18H31NO/c1-14-8-10-16(11-9-14)18(20)13-19-12-4-6-15-5-2-3-7-17(15)19/h14-17H,2-13H2,1H3. The van der Waals surface area contributed by atoms with E-state index >= 15 is 0 Å². The van der Waals surface area contributed by atoms with Crippen molar-refractivity contribution in [3.63, 3.8) is 0 Å². The van der Waals surface area contributed by atoms with Gasteiger partial charge in [0.05, 0.1) is 6.54 Å². The third kappa shape index (κ3) is 3.27. The van der Waals surface area contributed by atoms with Crippen molar-refractivity contribution in [3.8, 4) is 0 Å². The van der Waals surface area contributed by atoms with E-state index in [0.29, 0.717) is 11.7 Å². The molecule has 2 atom stereocenters. The minimum atomic E-state index is 0.384. The molecule has 0 aromatic carbocycles. The molecule has 0 amide bonds. The number of fused-ring (bicyclic) bond motifs is 1. The van der Waals surface area contributed by atoms with E-state index in [1.54, 1.807) is 0 Å². The Labute approximate surface area is 124 Å². The van der Waals surface area contributed by atoms with Crippen LogP contribution >= 0.6 is 0 Å². The number of hydrogen-bond donors (Lipinski definition) is 0. The second-order valence-electron chi connectivity index (χ2n) is 7.65. The van der Waals surface area contributed by atoms with E-state index in [1.165, 1.54) is 57.9 Å². The SMILES string of the molecule is CC1CCC(C(=O)CN2CCCC3CCCCC32)CC1. The number of rotatable bonds is 3. The molecule has 0 radical (unpaired) electrons. The van der Waals surface area contributed by atoms with Crippen molar-refractivity contribution in [2.24, 2.45) is 17.8 Å². The van der Waals surface area contributed by atoms with Crippen molar-refractivity contribution in [1.29, 1.82) is 0 Å². The summed E-state index contributed by atoms with van der Waals surface area (Å²) in [7, 11) is 0. The monoisotopic (exact) mass is 277 g/mol. The maximum Gasteiger partial charge on any atom is 0.149 e. The van der Waals surface area contributed by atoms with Gasteiger partial charge in [0.1, 0.15) is 5.78 Å². The lowest BCUT2D eigenvalue weighted by Crippen LogP contribution is -2.49. The summed E-state index contributed by atoms with van der Waals surface area (Å²) in [6.07, 6.45) is 13.1. The summed E-state index contributed by atoms with van der Waals surface area (Å²) in [6, 6.07) is 0.740. The van der Waals surface area contributed by atoms with Gasteiger partial charge < -0.3 is 0 Å². The van der Waals surface area contributed by atoms with Crippen LogP contribution in [0.1, 0.15) is 71.1 Å². The molecule has 1 aliphatic heterocycles. The Balaban J connectivity index is 1.54. The minimum absolute atomic E-state index is 0.384. The van der Waals surface area contributed by atoms with Gasteiger partial charge in [-0.3, -0.25) is 9.69 Å². The van der Waals surface area contributed by atoms with E-state index in [2.05, 4.69) is 11.8 Å². The van der Waals surface area contributed by atoms with Gasteiger partial charge in [0.25, 0.3) is 0 Å². The molecular weight excluding hydrogens is 246 g/mol. The Bertz CT molecular complexity index is 330. The van der Waals surface area contributed by atoms with Gasteiger partial charge in [0.2, 0.25) is 0 Å². The average molecular weight is 277 g/mol. The third-order valence-corrected chi connectivity index (χ3v) is 6.19. The fourth-order valence-corrected chi connectivity index (χ4v) is 4.84. The number of Topliss-reactive ketones (excluding diaryl/α,β-unsaturated/α-hetero) is 1. The van der Waals surface area contributed by atoms with Gasteiger partial charge in [-0.15, -0.1) is 0 Å². The van der Waals surface area contributed by atoms with Crippen LogP contribution in [-0.4, -0.2) is 29.8 Å². The third-order valence-electron chi connectivity index (χ3n) is 6.19. The van der Waals surface area contributed by atoms with Crippen LogP contribution in [0.3, 0.4) is 0 Å². The predicted octanol–water partition coefficient (Wildman–Crippen LogP) is 4.04. The van der Waals surface area contributed by atoms with Crippen molar-refractivity contribution in [3.05, 3.63) is 0 Å². The summed E-state index contributed by atoms with van der Waals surface area (Å²) in [6.45, 7) is 4.27. The highest BCUT2D eigenvalue weighted by Gasteiger charge is 2.35. The molecule has 0 N–H and O–H groups in total. The van der Waals surface area contributed by atoms with Crippen LogP contribution in [-0.2, 0) is 4.79 Å². The van der Waals surface area contributed by atoms with Crippen molar-refractivity contribution >= 4 is 5.78 Å². The minimum Gasteiger partial charge on any atom is -0.298 e. The molecule has 0 bridgehead atoms. The van der Waals surface area contributed by atoms with Crippen molar-refractivity contribution < 1.29 is 4.79 Å². The smallest absolute Gasteiger partial charge is 0.149 e. The van der Waals surface area contributed by atoms with Gasteiger partial charge >= 0.3 is 0 Å². The fraction of sp³-hybridized carbons (Fsp3) is 0.944. The molecule has 0 aromatic rings. The predicted molar refractivity (Wildman–Crippen MR) is 82.7 cm³/mol. The summed E-state index contributed by atoms with van der Waals surface area (Å²) >= 11 is 0. The Morgan fingerprint density at radius 1 is 0.950 bits per heavy atom. The number of carbonyl (C=O) groups is 1. The van der Waals surface area contributed by atoms with Gasteiger partial charge in [-0.25, -0.2) is 0 Å². The summed E-state index contributed by atoms with van der Waals surface area (Å²) in [5.74, 6) is 2.69. The number of carbonyl (C=O) groups excluding carboxylic acids is 1. The Kier molecular flexibility index (Phi) is 4.80. The van der Waals surface area contributed by atoms with E-state index in [1.807, 2.05) is 0 Å². The van der Waals surface area contributed by atoms with Crippen LogP contribution in [0.2, 0.25) is 0 Å². The quantitative estimate of drug-likeness (QED) is 0.776. The van der Waals surface area contributed by atoms with E-state index in [0.717, 1.165) is 37.3 Å². The lowest BCUT2D eigenvalue weighted by molar-refractivity contribution is -0.126. The van der Waals surface area contributed by atoms with E-state index < -0.39 is 0 Å². The summed E-state index contributed by atoms with van der Waals surface area (Å²) in [4.78, 5) is 15.2. The molecule has 1 saturated heterocycles. The molecular formula is C18H31NO. The maximum atomic E-state index is 12.6. The van der Waals surface area contributed by atoms with Crippen LogP contribution in [0.15, 0.2) is 0 Å². The highest BCUT2D eigenvalue weighted by molar-refractivity contribution is 5.83. The maximum absolute atomic E-state index is 12.6. The first kappa shape index (κ1) is 14.6. The summed E-state index contributed by atoms with van der Waals surface area (Å²) in [5, 5.41) is 0. The second-order valence-corrected chi connectivity index (χ2v) is 7.65. The Hall–Kier alpha value is -0.370. The molecule has 2 unspecified atom stereocenters. The number of nitrogens with zero attached hydrogens (tertiary/aromatic N) is 1. The van der Waals surface area contributed by atoms with Crippen LogP contribution in [0.5, 0.6) is 0 Å². The van der Waals surface area contributed by atoms with Gasteiger partial charge in [0.15, 0.2) is 0 Å². The molecule has 3 fully saturated rings. The first-order valence-electron chi connectivity index (χ1n) is 9.01. The van der Waals surface area contributed by atoms with Crippen LogP contribution in [0, 0.1) is 17.8 Å². The molecule has 114 valence electrons. The summed E-state index contributed by atoms with van der Waals surface area (Å²) < 4.78 is 0. The van der Waals surface area contributed by atoms with Crippen LogP contribution in [0.25, 0.3) is 0 Å². The van der Waals surface area contributed by atoms with Crippen LogP contribution in [0.4, 0.5) is 0 Å². The first-order valence-corrected chi connectivity index (χ1v) is 9.01. The largest absolute Gasteiger partial charge is 0.298 e. The zero-order valence-corrected chi connectivity index (χ0v) is 13.2. The topological polar surface area (TPSA) is 20.3 Å². The second kappa shape index (κ2) is 6.60. The van der Waals surface area contributed by atoms with Crippen molar-refractivity contribution in [1.82, 2.24) is 4.90 Å². The van der Waals surface area contributed by atoms with Crippen molar-refractivity contribution in [2.75, 3.05) is 13.1 Å². The van der Waals surface area contributed by atoms with E-state index in [9.17, 15) is 4.79 Å². The molecule has 0 aromatic heterocycles. The summed E-state index contributed by atoms with van der Waals surface area (Å²) in [5.41, 5.74) is 0. The number of likely N-dealkylation sites (tertiary alicyclic amines) is 1. The van der Waals surface area contributed by atoms with Gasteiger partial charge in [0, 0.05) is 12.0 Å². The number of ketones is 1. The lowest BCUT2D eigenvalue weighted by atomic mass is 9.77. The zero-order valence-electron chi connectivity index (χ0n) is 13.2. The number of hydrogen-bond acceptors (Lipinski definition) is 2. The fourth-order valence-electron chi connectivity index (χ4n) is 4.84. The lowest BCUT2D eigenvalue weighted by Gasteiger charge is -2.44. The Morgan fingerprint density at radius 2 is 1.65 bits per heavy atom.